The van der Waals surface area contributed by atoms with E-state index in [9.17, 15) is 8.42 Å². The number of hydrogen-bond acceptors (Lipinski definition) is 6. The second-order valence-corrected chi connectivity index (χ2v) is 9.26. The van der Waals surface area contributed by atoms with E-state index in [0.717, 1.165) is 36.2 Å². The van der Waals surface area contributed by atoms with Gasteiger partial charge in [0.1, 0.15) is 12.4 Å². The molecule has 0 bridgehead atoms. The number of nitrogens with zero attached hydrogens (tertiary/aromatic N) is 1. The molecular formula is C25H30N2O5S. The highest BCUT2D eigenvalue weighted by Gasteiger charge is 2.10. The predicted octanol–water partition coefficient (Wildman–Crippen LogP) is 4.20. The summed E-state index contributed by atoms with van der Waals surface area (Å²) in [5.41, 5.74) is 2.78. The van der Waals surface area contributed by atoms with Gasteiger partial charge in [-0.25, -0.2) is 8.42 Å². The van der Waals surface area contributed by atoms with Gasteiger partial charge in [0, 0.05) is 17.9 Å². The summed E-state index contributed by atoms with van der Waals surface area (Å²) in [6, 6.07) is 23.1. The first-order valence-corrected chi connectivity index (χ1v) is 12.5. The lowest BCUT2D eigenvalue weighted by Crippen LogP contribution is -2.30. The quantitative estimate of drug-likeness (QED) is 0.427. The van der Waals surface area contributed by atoms with Crippen LogP contribution in [0.15, 0.2) is 72.8 Å². The minimum atomic E-state index is -3.30. The van der Waals surface area contributed by atoms with E-state index in [2.05, 4.69) is 21.8 Å². The van der Waals surface area contributed by atoms with Crippen molar-refractivity contribution in [2.45, 2.75) is 6.42 Å². The number of para-hydroxylation sites is 1. The lowest BCUT2D eigenvalue weighted by Gasteiger charge is -2.25. The lowest BCUT2D eigenvalue weighted by atomic mass is 10.1. The van der Waals surface area contributed by atoms with Gasteiger partial charge in [0.25, 0.3) is 0 Å². The minimum absolute atomic E-state index is 0.486. The zero-order valence-electron chi connectivity index (χ0n) is 19.2. The lowest BCUT2D eigenvalue weighted by molar-refractivity contribution is 0.323. The average Bonchev–Trinajstić information content (AvgIpc) is 2.81. The fourth-order valence-electron chi connectivity index (χ4n) is 3.42. The van der Waals surface area contributed by atoms with Crippen molar-refractivity contribution in [2.24, 2.45) is 0 Å². The Labute approximate surface area is 196 Å². The molecule has 0 aliphatic carbocycles. The number of methoxy groups -OCH3 is 2. The van der Waals surface area contributed by atoms with E-state index >= 15 is 0 Å². The van der Waals surface area contributed by atoms with E-state index < -0.39 is 10.0 Å². The Morgan fingerprint density at radius 3 is 2.18 bits per heavy atom. The maximum Gasteiger partial charge on any atom is 0.229 e. The summed E-state index contributed by atoms with van der Waals surface area (Å²) in [5.74, 6) is 2.12. The molecule has 0 spiro atoms. The summed E-state index contributed by atoms with van der Waals surface area (Å²) in [5, 5.41) is 0. The number of ether oxygens (including phenoxy) is 3. The molecule has 3 aromatic carbocycles. The van der Waals surface area contributed by atoms with Crippen LogP contribution in [0.3, 0.4) is 0 Å². The molecule has 176 valence electrons. The van der Waals surface area contributed by atoms with E-state index in [1.54, 1.807) is 38.5 Å². The summed E-state index contributed by atoms with van der Waals surface area (Å²) in [4.78, 5) is 2.27. The van der Waals surface area contributed by atoms with E-state index in [-0.39, 0.29) is 0 Å². The Hall–Kier alpha value is -3.39. The Balaban J connectivity index is 1.61. The largest absolute Gasteiger partial charge is 0.493 e. The predicted molar refractivity (Wildman–Crippen MR) is 132 cm³/mol. The molecule has 0 amide bonds. The van der Waals surface area contributed by atoms with Gasteiger partial charge >= 0.3 is 0 Å². The molecule has 3 rings (SSSR count). The molecule has 1 N–H and O–H groups in total. The number of anilines is 2. The number of benzene rings is 3. The first kappa shape index (κ1) is 24.3. The highest BCUT2D eigenvalue weighted by molar-refractivity contribution is 7.92. The molecule has 0 saturated heterocycles. The van der Waals surface area contributed by atoms with Crippen molar-refractivity contribution in [3.8, 4) is 17.2 Å². The van der Waals surface area contributed by atoms with Gasteiger partial charge in [-0.3, -0.25) is 4.72 Å². The molecular weight excluding hydrogens is 440 g/mol. The minimum Gasteiger partial charge on any atom is -0.493 e. The van der Waals surface area contributed by atoms with Crippen molar-refractivity contribution in [1.29, 1.82) is 0 Å². The van der Waals surface area contributed by atoms with Gasteiger partial charge in [0.2, 0.25) is 10.0 Å². The Kier molecular flexibility index (Phi) is 8.43. The summed E-state index contributed by atoms with van der Waals surface area (Å²) >= 11 is 0. The molecule has 0 unspecified atom stereocenters. The van der Waals surface area contributed by atoms with Gasteiger partial charge in [-0.1, -0.05) is 24.3 Å². The summed E-state index contributed by atoms with van der Waals surface area (Å²) in [6.45, 7) is 1.99. The molecule has 0 saturated carbocycles. The van der Waals surface area contributed by atoms with Gasteiger partial charge in [0.05, 0.1) is 27.0 Å². The monoisotopic (exact) mass is 470 g/mol. The van der Waals surface area contributed by atoms with Crippen LogP contribution in [0.4, 0.5) is 11.4 Å². The van der Waals surface area contributed by atoms with Crippen LogP contribution in [0.25, 0.3) is 0 Å². The van der Waals surface area contributed by atoms with Gasteiger partial charge in [-0.2, -0.15) is 0 Å². The second-order valence-electron chi connectivity index (χ2n) is 7.51. The fourth-order valence-corrected chi connectivity index (χ4v) is 3.98. The van der Waals surface area contributed by atoms with E-state index in [0.29, 0.717) is 30.3 Å². The van der Waals surface area contributed by atoms with Crippen LogP contribution in [0.2, 0.25) is 0 Å². The highest BCUT2D eigenvalue weighted by Crippen LogP contribution is 2.28. The normalized spacial score (nSPS) is 11.0. The smallest absolute Gasteiger partial charge is 0.229 e. The van der Waals surface area contributed by atoms with Crippen LogP contribution in [0.5, 0.6) is 17.2 Å². The fraction of sp³-hybridized carbons (Fsp3) is 0.280. The van der Waals surface area contributed by atoms with Crippen LogP contribution < -0.4 is 23.8 Å². The van der Waals surface area contributed by atoms with Crippen molar-refractivity contribution in [3.05, 3.63) is 78.4 Å². The van der Waals surface area contributed by atoms with Crippen molar-refractivity contribution >= 4 is 21.4 Å². The molecule has 0 atom stereocenters. The van der Waals surface area contributed by atoms with Crippen LogP contribution >= 0.6 is 0 Å². The third kappa shape index (κ3) is 7.61. The summed E-state index contributed by atoms with van der Waals surface area (Å²) < 4.78 is 41.8. The number of rotatable bonds is 12. The van der Waals surface area contributed by atoms with Crippen LogP contribution in [-0.4, -0.2) is 48.6 Å². The zero-order valence-corrected chi connectivity index (χ0v) is 20.0. The van der Waals surface area contributed by atoms with Gasteiger partial charge in [-0.05, 0) is 60.5 Å². The number of nitrogens with one attached hydrogen (secondary N) is 1. The summed E-state index contributed by atoms with van der Waals surface area (Å²) in [7, 11) is -0.0316. The third-order valence-corrected chi connectivity index (χ3v) is 5.63. The highest BCUT2D eigenvalue weighted by atomic mass is 32.2. The van der Waals surface area contributed by atoms with E-state index in [1.807, 2.05) is 36.4 Å². The van der Waals surface area contributed by atoms with Crippen molar-refractivity contribution in [3.63, 3.8) is 0 Å². The summed E-state index contributed by atoms with van der Waals surface area (Å²) in [6.07, 6.45) is 1.96. The van der Waals surface area contributed by atoms with Gasteiger partial charge in [-0.15, -0.1) is 0 Å². The maximum absolute atomic E-state index is 11.3. The van der Waals surface area contributed by atoms with Crippen molar-refractivity contribution in [2.75, 3.05) is 49.8 Å². The van der Waals surface area contributed by atoms with E-state index in [4.69, 9.17) is 14.2 Å². The molecule has 33 heavy (non-hydrogen) atoms. The molecule has 0 radical (unpaired) electrons. The Morgan fingerprint density at radius 1 is 0.848 bits per heavy atom. The zero-order chi connectivity index (χ0) is 23.7. The molecule has 0 aliphatic rings. The molecule has 0 heterocycles. The van der Waals surface area contributed by atoms with Crippen molar-refractivity contribution < 1.29 is 22.6 Å². The van der Waals surface area contributed by atoms with Crippen LogP contribution in [0.1, 0.15) is 5.56 Å². The Morgan fingerprint density at radius 2 is 1.55 bits per heavy atom. The molecule has 0 fully saturated rings. The SMILES string of the molecule is COc1ccc(CCN(CCOc2ccc(NS(C)(=O)=O)cc2)c2ccccc2)cc1OC. The first-order valence-electron chi connectivity index (χ1n) is 10.6. The van der Waals surface area contributed by atoms with Gasteiger partial charge in [0.15, 0.2) is 11.5 Å². The Bertz CT molecular complexity index is 1120. The van der Waals surface area contributed by atoms with Crippen LogP contribution in [-0.2, 0) is 16.4 Å². The topological polar surface area (TPSA) is 77.1 Å². The molecule has 8 heteroatoms. The maximum atomic E-state index is 11.3. The molecule has 7 nitrogen and oxygen atoms in total. The van der Waals surface area contributed by atoms with E-state index in [1.165, 1.54) is 0 Å². The standard InChI is InChI=1S/C25H30N2O5S/c1-30-24-14-9-20(19-25(24)31-2)15-16-27(22-7-5-4-6-8-22)17-18-32-23-12-10-21(11-13-23)26-33(3,28)29/h4-14,19,26H,15-18H2,1-3H3. The second kappa shape index (κ2) is 11.5. The molecule has 3 aromatic rings. The molecule has 0 aromatic heterocycles. The third-order valence-electron chi connectivity index (χ3n) is 5.03. The molecule has 0 aliphatic heterocycles. The first-order chi connectivity index (χ1) is 15.9. The van der Waals surface area contributed by atoms with Crippen molar-refractivity contribution in [1.82, 2.24) is 0 Å². The number of sulfonamides is 1. The van der Waals surface area contributed by atoms with Crippen LogP contribution in [0, 0.1) is 0 Å². The average molecular weight is 471 g/mol. The van der Waals surface area contributed by atoms with Gasteiger partial charge < -0.3 is 19.1 Å². The number of hydrogen-bond donors (Lipinski definition) is 1.